The van der Waals surface area contributed by atoms with Crippen LogP contribution in [0.1, 0.15) is 48.7 Å². The zero-order valence-corrected chi connectivity index (χ0v) is 21.2. The van der Waals surface area contributed by atoms with Crippen molar-refractivity contribution < 1.29 is 26.4 Å². The van der Waals surface area contributed by atoms with Gasteiger partial charge < -0.3 is 22.0 Å². The first-order chi connectivity index (χ1) is 17.2. The van der Waals surface area contributed by atoms with E-state index >= 15 is 0 Å². The van der Waals surface area contributed by atoms with Crippen molar-refractivity contribution in [3.8, 4) is 0 Å². The third-order valence-electron chi connectivity index (χ3n) is 5.04. The quantitative estimate of drug-likeness (QED) is 0.0849. The van der Waals surface area contributed by atoms with E-state index in [-0.39, 0.29) is 0 Å². The lowest BCUT2D eigenvalue weighted by Gasteiger charge is -2.16. The Hall–Kier alpha value is -3.06. The first-order valence-corrected chi connectivity index (χ1v) is 12.2. The van der Waals surface area contributed by atoms with Crippen molar-refractivity contribution in [2.24, 2.45) is 0 Å². The van der Waals surface area contributed by atoms with Gasteiger partial charge in [0.25, 0.3) is 6.61 Å². The fraction of sp³-hybridized carbons (Fsp3) is 0.250. The summed E-state index contributed by atoms with van der Waals surface area (Å²) in [5, 5.41) is 0.826. The first kappa shape index (κ1) is 29.2. The molecule has 192 valence electrons. The number of ketones is 1. The molecule has 0 heterocycles. The maximum atomic E-state index is 9.75. The van der Waals surface area contributed by atoms with E-state index in [9.17, 15) is 17.3 Å². The molecule has 0 saturated heterocycles. The second-order valence-electron chi connectivity index (χ2n) is 7.71. The normalized spacial score (nSPS) is 16.2. The number of ether oxygens (including phenoxy) is 1. The second-order valence-corrected chi connectivity index (χ2v) is 8.08. The SMILES string of the molecule is CCO/C(=C/C=C1\CCCC(/C=C/C(=[O+]CC)c2ccccc2)=C1Cl)c1ccccc1.F[B-](F)(F)F. The van der Waals surface area contributed by atoms with Crippen LogP contribution in [0.2, 0.25) is 0 Å². The van der Waals surface area contributed by atoms with Gasteiger partial charge in [-0.3, -0.25) is 4.42 Å². The molecule has 1 aliphatic carbocycles. The molecule has 0 bridgehead atoms. The number of halogens is 5. The highest BCUT2D eigenvalue weighted by Crippen LogP contribution is 2.33. The average Bonchev–Trinajstić information content (AvgIpc) is 2.86. The first-order valence-electron chi connectivity index (χ1n) is 11.8. The monoisotopic (exact) mass is 520 g/mol. The minimum atomic E-state index is -6.00. The largest absolute Gasteiger partial charge is 0.673 e. The predicted molar refractivity (Wildman–Crippen MR) is 141 cm³/mol. The Bertz CT molecular complexity index is 1100. The van der Waals surface area contributed by atoms with Gasteiger partial charge >= 0.3 is 13.0 Å². The molecule has 0 unspecified atom stereocenters. The van der Waals surface area contributed by atoms with Gasteiger partial charge in [-0.05, 0) is 61.6 Å². The molecule has 0 atom stereocenters. The van der Waals surface area contributed by atoms with Crippen molar-refractivity contribution in [1.29, 1.82) is 0 Å². The van der Waals surface area contributed by atoms with Crippen LogP contribution in [0.5, 0.6) is 0 Å². The molecule has 0 aliphatic heterocycles. The van der Waals surface area contributed by atoms with Crippen molar-refractivity contribution in [1.82, 2.24) is 0 Å². The summed E-state index contributed by atoms with van der Waals surface area (Å²) in [7, 11) is -6.00. The molecule has 0 amide bonds. The van der Waals surface area contributed by atoms with Crippen LogP contribution in [0.25, 0.3) is 5.76 Å². The molecular formula is C28H30BClF4O2. The van der Waals surface area contributed by atoms with Gasteiger partial charge in [0.2, 0.25) is 0 Å². The van der Waals surface area contributed by atoms with Crippen LogP contribution in [-0.2, 0) is 4.74 Å². The van der Waals surface area contributed by atoms with Crippen molar-refractivity contribution in [2.75, 3.05) is 13.2 Å². The van der Waals surface area contributed by atoms with Gasteiger partial charge in [-0.25, -0.2) is 0 Å². The highest BCUT2D eigenvalue weighted by Gasteiger charge is 2.20. The maximum absolute atomic E-state index is 9.75. The maximum Gasteiger partial charge on any atom is 0.673 e. The summed E-state index contributed by atoms with van der Waals surface area (Å²) in [5.74, 6) is 1.72. The summed E-state index contributed by atoms with van der Waals surface area (Å²) in [5.41, 5.74) is 4.41. The predicted octanol–water partition coefficient (Wildman–Crippen LogP) is 8.96. The highest BCUT2D eigenvalue weighted by atomic mass is 35.5. The van der Waals surface area contributed by atoms with Crippen LogP contribution >= 0.6 is 11.6 Å². The van der Waals surface area contributed by atoms with Gasteiger partial charge in [-0.15, -0.1) is 0 Å². The van der Waals surface area contributed by atoms with Crippen LogP contribution in [-0.4, -0.2) is 26.3 Å². The Morgan fingerprint density at radius 2 is 1.53 bits per heavy atom. The molecule has 0 N–H and O–H groups in total. The molecule has 2 aromatic rings. The van der Waals surface area contributed by atoms with Crippen molar-refractivity contribution in [3.63, 3.8) is 0 Å². The van der Waals surface area contributed by atoms with E-state index in [1.54, 1.807) is 0 Å². The Labute approximate surface area is 215 Å². The lowest BCUT2D eigenvalue weighted by atomic mass is 9.93. The summed E-state index contributed by atoms with van der Waals surface area (Å²) in [6.07, 6.45) is 11.2. The highest BCUT2D eigenvalue weighted by molar-refractivity contribution is 6.50. The fourth-order valence-electron chi connectivity index (χ4n) is 3.53. The Morgan fingerprint density at radius 3 is 2.08 bits per heavy atom. The van der Waals surface area contributed by atoms with E-state index in [0.29, 0.717) is 13.2 Å². The van der Waals surface area contributed by atoms with Crippen LogP contribution in [0.15, 0.2) is 101 Å². The molecule has 0 saturated carbocycles. The van der Waals surface area contributed by atoms with E-state index in [4.69, 9.17) is 20.8 Å². The van der Waals surface area contributed by atoms with E-state index < -0.39 is 7.25 Å². The van der Waals surface area contributed by atoms with E-state index in [1.165, 1.54) is 0 Å². The van der Waals surface area contributed by atoms with E-state index in [1.807, 2.05) is 62.4 Å². The smallest absolute Gasteiger partial charge is 0.493 e. The zero-order chi connectivity index (χ0) is 26.4. The number of hydrogen-bond acceptors (Lipinski definition) is 1. The molecular weight excluding hydrogens is 491 g/mol. The van der Waals surface area contributed by atoms with Crippen molar-refractivity contribution in [2.45, 2.75) is 33.1 Å². The fourth-order valence-corrected chi connectivity index (χ4v) is 3.85. The summed E-state index contributed by atoms with van der Waals surface area (Å²) in [4.78, 5) is 0. The molecule has 2 aromatic carbocycles. The standard InChI is InChI=1S/C28H30ClO2.BF4/c1-3-30-26(22-12-7-5-8-13-22)20-18-24-16-11-17-25(28(24)29)19-21-27(31-4-2)23-14-9-6-10-15-23;2-1(3,4)5/h5-10,12-15,18-21H,3-4,11,16-17H2,1-2H3;/q+1;-1/b20-18+,25-19+,27-21+;. The molecule has 3 rings (SSSR count). The van der Waals surface area contributed by atoms with Crippen LogP contribution in [0, 0.1) is 0 Å². The van der Waals surface area contributed by atoms with Gasteiger partial charge in [-0.1, -0.05) is 66.2 Å². The van der Waals surface area contributed by atoms with Crippen molar-refractivity contribution >= 4 is 30.4 Å². The number of hydrogen-bond donors (Lipinski definition) is 0. The number of rotatable bonds is 8. The van der Waals surface area contributed by atoms with Crippen LogP contribution in [0.3, 0.4) is 0 Å². The molecule has 8 heteroatoms. The molecule has 0 radical (unpaired) electrons. The number of benzene rings is 2. The molecule has 0 spiro atoms. The lowest BCUT2D eigenvalue weighted by Crippen LogP contribution is -2.02. The van der Waals surface area contributed by atoms with Gasteiger partial charge in [0.15, 0.2) is 0 Å². The summed E-state index contributed by atoms with van der Waals surface area (Å²) in [6.45, 7) is 5.24. The van der Waals surface area contributed by atoms with Crippen molar-refractivity contribution in [3.05, 3.63) is 112 Å². The Kier molecular flexibility index (Phi) is 12.3. The topological polar surface area (TPSA) is 20.5 Å². The summed E-state index contributed by atoms with van der Waals surface area (Å²) < 4.78 is 50.7. The third-order valence-corrected chi connectivity index (χ3v) is 5.53. The van der Waals surface area contributed by atoms with E-state index in [2.05, 4.69) is 36.4 Å². The molecule has 0 fully saturated rings. The van der Waals surface area contributed by atoms with E-state index in [0.717, 1.165) is 58.1 Å². The third kappa shape index (κ3) is 10.7. The summed E-state index contributed by atoms with van der Waals surface area (Å²) >= 11 is 6.80. The summed E-state index contributed by atoms with van der Waals surface area (Å²) in [6, 6.07) is 20.3. The van der Waals surface area contributed by atoms with Gasteiger partial charge in [0.05, 0.1) is 12.2 Å². The van der Waals surface area contributed by atoms with Gasteiger partial charge in [0.1, 0.15) is 5.76 Å². The van der Waals surface area contributed by atoms with Crippen LogP contribution in [0.4, 0.5) is 17.3 Å². The number of allylic oxidation sites excluding steroid dienone is 7. The Balaban J connectivity index is 0.000000830. The lowest BCUT2D eigenvalue weighted by molar-refractivity contribution is -0.261. The molecule has 0 aromatic heterocycles. The molecule has 1 aliphatic rings. The molecule has 2 nitrogen and oxygen atoms in total. The van der Waals surface area contributed by atoms with Crippen LogP contribution < -0.4 is 0 Å². The number of carbonyl (C=O) groups excluding carboxylic acids is 1. The van der Waals surface area contributed by atoms with Gasteiger partial charge in [-0.2, -0.15) is 0 Å². The molecule has 36 heavy (non-hydrogen) atoms. The minimum absolute atomic E-state index is 0.622. The average molecular weight is 521 g/mol. The Morgan fingerprint density at radius 1 is 0.944 bits per heavy atom. The zero-order valence-electron chi connectivity index (χ0n) is 20.4. The minimum Gasteiger partial charge on any atom is -0.493 e. The van der Waals surface area contributed by atoms with Gasteiger partial charge in [0, 0.05) is 23.6 Å². The second kappa shape index (κ2) is 15.1.